The van der Waals surface area contributed by atoms with Gasteiger partial charge in [0.2, 0.25) is 15.9 Å². The van der Waals surface area contributed by atoms with Crippen molar-refractivity contribution in [2.45, 2.75) is 11.1 Å². The van der Waals surface area contributed by atoms with Crippen LogP contribution in [0.15, 0.2) is 47.4 Å². The second-order valence-corrected chi connectivity index (χ2v) is 7.22. The van der Waals surface area contributed by atoms with E-state index in [-0.39, 0.29) is 5.69 Å². The summed E-state index contributed by atoms with van der Waals surface area (Å²) in [4.78, 5) is 22.3. The summed E-state index contributed by atoms with van der Waals surface area (Å²) in [6, 6.07) is 5.94. The molecule has 7 nitrogen and oxygen atoms in total. The van der Waals surface area contributed by atoms with Crippen LogP contribution in [-0.2, 0) is 21.0 Å². The van der Waals surface area contributed by atoms with Crippen LogP contribution in [0.4, 0.5) is 23.2 Å². The van der Waals surface area contributed by atoms with Crippen molar-refractivity contribution in [3.05, 3.63) is 59.4 Å². The summed E-state index contributed by atoms with van der Waals surface area (Å²) in [5.74, 6) is -2.88. The third kappa shape index (κ3) is 5.27. The molecular weight excluding hydrogens is 406 g/mol. The van der Waals surface area contributed by atoms with Crippen molar-refractivity contribution in [3.8, 4) is 0 Å². The number of hydrogen-bond acceptors (Lipinski definition) is 4. The fraction of sp³-hybridized carbons (Fsp3) is 0.125. The van der Waals surface area contributed by atoms with Gasteiger partial charge in [0.15, 0.2) is 0 Å². The van der Waals surface area contributed by atoms with Gasteiger partial charge in [-0.1, -0.05) is 6.07 Å². The summed E-state index contributed by atoms with van der Waals surface area (Å²) in [5.41, 5.74) is 3.30. The highest BCUT2D eigenvalue weighted by Gasteiger charge is 2.31. The molecule has 0 aliphatic carbocycles. The van der Waals surface area contributed by atoms with E-state index in [2.05, 4.69) is 5.32 Å². The van der Waals surface area contributed by atoms with E-state index in [0.717, 1.165) is 30.3 Å². The molecule has 28 heavy (non-hydrogen) atoms. The Kier molecular flexibility index (Phi) is 6.04. The summed E-state index contributed by atoms with van der Waals surface area (Å²) in [7, 11) is -4.40. The van der Waals surface area contributed by atoms with Gasteiger partial charge in [0.05, 0.1) is 22.6 Å². The Labute approximate surface area is 156 Å². The number of carbonyl (C=O) groups excluding carboxylic acids is 2. The minimum absolute atomic E-state index is 0.0292. The molecule has 12 heteroatoms. The fourth-order valence-corrected chi connectivity index (χ4v) is 3.11. The molecule has 0 atom stereocenters. The molecular formula is C16H13F4N3O4S. The molecule has 0 aromatic heterocycles. The quantitative estimate of drug-likeness (QED) is 0.620. The number of halogens is 4. The number of benzene rings is 2. The van der Waals surface area contributed by atoms with Crippen LogP contribution in [0.1, 0.15) is 15.9 Å². The molecule has 2 aromatic rings. The minimum Gasteiger partial charge on any atom is -0.366 e. The largest absolute Gasteiger partial charge is 0.416 e. The minimum atomic E-state index is -4.73. The fourth-order valence-electron chi connectivity index (χ4n) is 2.08. The Balaban J connectivity index is 2.08. The highest BCUT2D eigenvalue weighted by atomic mass is 32.2. The molecule has 0 fully saturated rings. The molecule has 0 radical (unpaired) electrons. The van der Waals surface area contributed by atoms with Crippen LogP contribution in [0.2, 0.25) is 0 Å². The lowest BCUT2D eigenvalue weighted by Gasteiger charge is -2.11. The average Bonchev–Trinajstić information content (AvgIpc) is 2.61. The lowest BCUT2D eigenvalue weighted by Crippen LogP contribution is -2.33. The van der Waals surface area contributed by atoms with Crippen molar-refractivity contribution >= 4 is 27.5 Å². The summed E-state index contributed by atoms with van der Waals surface area (Å²) < 4.78 is 77.5. The molecule has 150 valence electrons. The van der Waals surface area contributed by atoms with Gasteiger partial charge in [0.1, 0.15) is 5.82 Å². The topological polar surface area (TPSA) is 118 Å². The third-order valence-electron chi connectivity index (χ3n) is 3.41. The molecule has 0 aliphatic heterocycles. The van der Waals surface area contributed by atoms with Crippen LogP contribution >= 0.6 is 0 Å². The number of alkyl halides is 3. The third-order valence-corrected chi connectivity index (χ3v) is 4.81. The summed E-state index contributed by atoms with van der Waals surface area (Å²) in [5, 5.41) is 2.20. The zero-order chi connectivity index (χ0) is 21.1. The number of anilines is 1. The number of rotatable bonds is 6. The molecule has 4 N–H and O–H groups in total. The van der Waals surface area contributed by atoms with Crippen LogP contribution < -0.4 is 15.8 Å². The monoisotopic (exact) mass is 419 g/mol. The second kappa shape index (κ2) is 7.94. The Hall–Kier alpha value is -2.99. The number of nitrogens with one attached hydrogen (secondary N) is 2. The first kappa shape index (κ1) is 21.3. The number of carbonyl (C=O) groups is 2. The van der Waals surface area contributed by atoms with Crippen LogP contribution in [0.25, 0.3) is 0 Å². The van der Waals surface area contributed by atoms with Gasteiger partial charge in [-0.25, -0.2) is 17.5 Å². The number of sulfonamides is 1. The Morgan fingerprint density at radius 3 is 2.36 bits per heavy atom. The zero-order valence-corrected chi connectivity index (χ0v) is 14.7. The zero-order valence-electron chi connectivity index (χ0n) is 13.9. The maximum absolute atomic E-state index is 13.4. The van der Waals surface area contributed by atoms with E-state index >= 15 is 0 Å². The lowest BCUT2D eigenvalue weighted by molar-refractivity contribution is -0.137. The number of nitrogens with two attached hydrogens (primary N) is 1. The van der Waals surface area contributed by atoms with E-state index in [1.54, 1.807) is 0 Å². The molecule has 0 aliphatic rings. The van der Waals surface area contributed by atoms with Crippen molar-refractivity contribution in [3.63, 3.8) is 0 Å². The predicted molar refractivity (Wildman–Crippen MR) is 90.2 cm³/mol. The van der Waals surface area contributed by atoms with Crippen LogP contribution in [-0.4, -0.2) is 26.8 Å². The predicted octanol–water partition coefficient (Wildman–Crippen LogP) is 1.86. The van der Waals surface area contributed by atoms with Crippen molar-refractivity contribution in [2.24, 2.45) is 5.73 Å². The van der Waals surface area contributed by atoms with Crippen LogP contribution in [0.5, 0.6) is 0 Å². The standard InChI is InChI=1S/C16H13F4N3O4S/c17-13-5-4-10(7-12(13)15(21)25)23-14(24)8-22-28(26,27)11-3-1-2-9(6-11)16(18,19)20/h1-7,22H,8H2,(H2,21,25)(H,23,24). The highest BCUT2D eigenvalue weighted by molar-refractivity contribution is 7.89. The first-order chi connectivity index (χ1) is 12.9. The molecule has 0 spiro atoms. The maximum Gasteiger partial charge on any atom is 0.416 e. The molecule has 0 saturated carbocycles. The number of primary amides is 1. The lowest BCUT2D eigenvalue weighted by atomic mass is 10.2. The molecule has 0 bridgehead atoms. The molecule has 2 aromatic carbocycles. The number of hydrogen-bond donors (Lipinski definition) is 3. The van der Waals surface area contributed by atoms with E-state index in [0.29, 0.717) is 12.1 Å². The van der Waals surface area contributed by atoms with Crippen molar-refractivity contribution < 1.29 is 35.6 Å². The molecule has 2 rings (SSSR count). The normalized spacial score (nSPS) is 11.9. The van der Waals surface area contributed by atoms with Gasteiger partial charge < -0.3 is 11.1 Å². The second-order valence-electron chi connectivity index (χ2n) is 5.46. The van der Waals surface area contributed by atoms with Gasteiger partial charge in [-0.05, 0) is 36.4 Å². The first-order valence-corrected chi connectivity index (χ1v) is 8.94. The van der Waals surface area contributed by atoms with Gasteiger partial charge in [-0.15, -0.1) is 0 Å². The van der Waals surface area contributed by atoms with Gasteiger partial charge in [0.25, 0.3) is 5.91 Å². The van der Waals surface area contributed by atoms with Gasteiger partial charge >= 0.3 is 6.18 Å². The van der Waals surface area contributed by atoms with E-state index in [1.807, 2.05) is 4.72 Å². The van der Waals surface area contributed by atoms with E-state index in [4.69, 9.17) is 5.73 Å². The van der Waals surface area contributed by atoms with Gasteiger partial charge in [0, 0.05) is 5.69 Å². The van der Waals surface area contributed by atoms with Crippen LogP contribution in [0.3, 0.4) is 0 Å². The summed E-state index contributed by atoms with van der Waals surface area (Å²) >= 11 is 0. The van der Waals surface area contributed by atoms with E-state index in [1.165, 1.54) is 0 Å². The smallest absolute Gasteiger partial charge is 0.366 e. The summed E-state index contributed by atoms with van der Waals surface area (Å²) in [6.45, 7) is -0.818. The first-order valence-electron chi connectivity index (χ1n) is 7.46. The van der Waals surface area contributed by atoms with Crippen molar-refractivity contribution in [2.75, 3.05) is 11.9 Å². The Morgan fingerprint density at radius 1 is 1.07 bits per heavy atom. The van der Waals surface area contributed by atoms with Gasteiger partial charge in [-0.2, -0.15) is 13.2 Å². The molecule has 0 unspecified atom stereocenters. The molecule has 0 heterocycles. The van der Waals surface area contributed by atoms with Crippen LogP contribution in [0, 0.1) is 5.82 Å². The van der Waals surface area contributed by atoms with Crippen molar-refractivity contribution in [1.29, 1.82) is 0 Å². The maximum atomic E-state index is 13.4. The molecule has 2 amide bonds. The van der Waals surface area contributed by atoms with E-state index in [9.17, 15) is 35.6 Å². The SMILES string of the molecule is NC(=O)c1cc(NC(=O)CNS(=O)(=O)c2cccc(C(F)(F)F)c2)ccc1F. The Morgan fingerprint density at radius 2 is 1.75 bits per heavy atom. The number of amides is 2. The summed E-state index contributed by atoms with van der Waals surface area (Å²) in [6.07, 6.45) is -4.73. The molecule has 0 saturated heterocycles. The average molecular weight is 419 g/mol. The Bertz CT molecular complexity index is 1020. The highest BCUT2D eigenvalue weighted by Crippen LogP contribution is 2.30. The van der Waals surface area contributed by atoms with Gasteiger partial charge in [-0.3, -0.25) is 9.59 Å². The van der Waals surface area contributed by atoms with Crippen molar-refractivity contribution in [1.82, 2.24) is 4.72 Å². The van der Waals surface area contributed by atoms with E-state index < -0.39 is 56.4 Å².